The Morgan fingerprint density at radius 1 is 0.975 bits per heavy atom. The summed E-state index contributed by atoms with van der Waals surface area (Å²) >= 11 is 0. The van der Waals surface area contributed by atoms with Crippen molar-refractivity contribution in [2.24, 2.45) is 11.8 Å². The van der Waals surface area contributed by atoms with Crippen LogP contribution in [0.4, 0.5) is 0 Å². The first-order valence-corrected chi connectivity index (χ1v) is 12.5. The zero-order chi connectivity index (χ0) is 29.0. The SMILES string of the molecule is COC(=O)C1=CO[C@@H](O[C@@H]2O[C@H](CO)[C@@H](O)[C@H](O)[C@H]2O)[C@@H]2C(CO)=C[C@@H](OC(=O)C=Cc3ccc(OC)cc3)[C@H]12. The summed E-state index contributed by atoms with van der Waals surface area (Å²) in [6.45, 7) is -1.18. The van der Waals surface area contributed by atoms with Gasteiger partial charge in [0.1, 0.15) is 36.3 Å². The van der Waals surface area contributed by atoms with Gasteiger partial charge in [-0.15, -0.1) is 0 Å². The smallest absolute Gasteiger partial charge is 0.337 e. The first-order chi connectivity index (χ1) is 19.2. The van der Waals surface area contributed by atoms with Crippen LogP contribution >= 0.6 is 0 Å². The number of carbonyl (C=O) groups is 2. The second-order valence-electron chi connectivity index (χ2n) is 9.36. The largest absolute Gasteiger partial charge is 0.497 e. The van der Waals surface area contributed by atoms with Crippen molar-refractivity contribution >= 4 is 18.0 Å². The molecule has 2 aliphatic heterocycles. The number of benzene rings is 1. The van der Waals surface area contributed by atoms with E-state index in [1.807, 2.05) is 0 Å². The molecule has 1 fully saturated rings. The van der Waals surface area contributed by atoms with E-state index in [2.05, 4.69) is 0 Å². The Hall–Kier alpha value is -3.30. The molecule has 13 heteroatoms. The predicted molar refractivity (Wildman–Crippen MR) is 134 cm³/mol. The Morgan fingerprint density at radius 3 is 2.33 bits per heavy atom. The predicted octanol–water partition coefficient (Wildman–Crippen LogP) is -0.985. The highest BCUT2D eigenvalue weighted by Gasteiger charge is 2.53. The van der Waals surface area contributed by atoms with Gasteiger partial charge in [0.05, 0.1) is 45.2 Å². The van der Waals surface area contributed by atoms with Crippen LogP contribution in [-0.4, -0.2) is 108 Å². The fourth-order valence-corrected chi connectivity index (χ4v) is 4.93. The van der Waals surface area contributed by atoms with Gasteiger partial charge in [-0.1, -0.05) is 12.1 Å². The maximum Gasteiger partial charge on any atom is 0.337 e. The highest BCUT2D eigenvalue weighted by atomic mass is 16.8. The number of hydrogen-bond donors (Lipinski definition) is 5. The molecule has 4 rings (SSSR count). The molecule has 0 spiro atoms. The maximum absolute atomic E-state index is 12.7. The number of carbonyl (C=O) groups excluding carboxylic acids is 2. The zero-order valence-electron chi connectivity index (χ0n) is 21.7. The lowest BCUT2D eigenvalue weighted by molar-refractivity contribution is -0.340. The zero-order valence-corrected chi connectivity index (χ0v) is 21.7. The highest BCUT2D eigenvalue weighted by Crippen LogP contribution is 2.45. The molecule has 1 aromatic rings. The van der Waals surface area contributed by atoms with E-state index in [0.717, 1.165) is 6.26 Å². The van der Waals surface area contributed by atoms with Gasteiger partial charge in [0, 0.05) is 12.0 Å². The quantitative estimate of drug-likeness (QED) is 0.140. The average Bonchev–Trinajstić information content (AvgIpc) is 3.34. The lowest BCUT2D eigenvalue weighted by atomic mass is 9.82. The monoisotopic (exact) mass is 564 g/mol. The summed E-state index contributed by atoms with van der Waals surface area (Å²) in [6, 6.07) is 6.95. The summed E-state index contributed by atoms with van der Waals surface area (Å²) in [5.41, 5.74) is 1.03. The van der Waals surface area contributed by atoms with Crippen molar-refractivity contribution in [3.8, 4) is 5.75 Å². The van der Waals surface area contributed by atoms with Gasteiger partial charge in [-0.25, -0.2) is 9.59 Å². The van der Waals surface area contributed by atoms with Crippen LogP contribution in [0.25, 0.3) is 6.08 Å². The summed E-state index contributed by atoms with van der Waals surface area (Å²) in [6.07, 6.45) is -4.82. The van der Waals surface area contributed by atoms with E-state index >= 15 is 0 Å². The third kappa shape index (κ3) is 6.05. The second-order valence-corrected chi connectivity index (χ2v) is 9.36. The number of fused-ring (bicyclic) bond motifs is 1. The van der Waals surface area contributed by atoms with Gasteiger partial charge in [-0.3, -0.25) is 0 Å². The number of methoxy groups -OCH3 is 2. The molecular weight excluding hydrogens is 532 g/mol. The summed E-state index contributed by atoms with van der Waals surface area (Å²) in [7, 11) is 2.71. The molecule has 1 aromatic carbocycles. The molecule has 0 aromatic heterocycles. The molecule has 0 saturated carbocycles. The first-order valence-electron chi connectivity index (χ1n) is 12.5. The number of ether oxygens (including phenoxy) is 6. The molecule has 0 bridgehead atoms. The molecule has 1 aliphatic carbocycles. The van der Waals surface area contributed by atoms with Crippen LogP contribution in [0.3, 0.4) is 0 Å². The van der Waals surface area contributed by atoms with Crippen LogP contribution < -0.4 is 4.74 Å². The fourth-order valence-electron chi connectivity index (χ4n) is 4.93. The van der Waals surface area contributed by atoms with Crippen LogP contribution in [0.2, 0.25) is 0 Å². The van der Waals surface area contributed by atoms with E-state index in [0.29, 0.717) is 16.9 Å². The first kappa shape index (κ1) is 29.7. The molecule has 3 aliphatic rings. The van der Waals surface area contributed by atoms with Crippen molar-refractivity contribution in [3.63, 3.8) is 0 Å². The summed E-state index contributed by atoms with van der Waals surface area (Å²) in [5.74, 6) is -2.64. The molecular formula is C27H32O13. The minimum absolute atomic E-state index is 0.0118. The van der Waals surface area contributed by atoms with E-state index in [9.17, 15) is 35.1 Å². The van der Waals surface area contributed by atoms with Gasteiger partial charge in [-0.2, -0.15) is 0 Å². The molecule has 9 atom stereocenters. The minimum Gasteiger partial charge on any atom is -0.497 e. The van der Waals surface area contributed by atoms with Crippen molar-refractivity contribution in [2.45, 2.75) is 43.1 Å². The van der Waals surface area contributed by atoms with Gasteiger partial charge in [0.25, 0.3) is 0 Å². The van der Waals surface area contributed by atoms with Crippen molar-refractivity contribution < 1.29 is 63.5 Å². The van der Waals surface area contributed by atoms with E-state index < -0.39 is 80.1 Å². The topological polar surface area (TPSA) is 191 Å². The summed E-state index contributed by atoms with van der Waals surface area (Å²) in [4.78, 5) is 25.3. The number of rotatable bonds is 9. The summed E-state index contributed by atoms with van der Waals surface area (Å²) < 4.78 is 32.5. The van der Waals surface area contributed by atoms with Crippen LogP contribution in [0.15, 0.2) is 53.8 Å². The lowest BCUT2D eigenvalue weighted by Gasteiger charge is -2.43. The van der Waals surface area contributed by atoms with Crippen LogP contribution in [0.5, 0.6) is 5.75 Å². The third-order valence-electron chi connectivity index (χ3n) is 7.03. The van der Waals surface area contributed by atoms with E-state index in [4.69, 9.17) is 28.4 Å². The molecule has 1 saturated heterocycles. The normalized spacial score (nSPS) is 33.4. The molecule has 2 heterocycles. The molecule has 0 amide bonds. The third-order valence-corrected chi connectivity index (χ3v) is 7.03. The maximum atomic E-state index is 12.7. The van der Waals surface area contributed by atoms with E-state index in [-0.39, 0.29) is 5.57 Å². The van der Waals surface area contributed by atoms with Gasteiger partial charge in [-0.05, 0) is 35.4 Å². The second kappa shape index (κ2) is 12.9. The standard InChI is InChI=1S/C27H32O13/c1-35-15-6-3-13(4-7-15)5-8-19(30)38-17-9-14(10-28)20-21(17)16(25(34)36-2)12-37-26(20)40-27-24(33)23(32)22(31)18(11-29)39-27/h3-9,12,17-18,20-24,26-29,31-33H,10-11H2,1-2H3/t17-,18-,20-,21+,22-,23+,24-,26+,27+/m1/s1. The number of aliphatic hydroxyl groups excluding tert-OH is 5. The molecule has 218 valence electrons. The molecule has 13 nitrogen and oxygen atoms in total. The Balaban J connectivity index is 1.55. The van der Waals surface area contributed by atoms with Gasteiger partial charge >= 0.3 is 11.9 Å². The molecule has 0 radical (unpaired) electrons. The summed E-state index contributed by atoms with van der Waals surface area (Å²) in [5, 5.41) is 50.2. The van der Waals surface area contributed by atoms with Crippen molar-refractivity contribution in [1.82, 2.24) is 0 Å². The van der Waals surface area contributed by atoms with Gasteiger partial charge < -0.3 is 54.0 Å². The molecule has 0 unspecified atom stereocenters. The molecule has 40 heavy (non-hydrogen) atoms. The Kier molecular flexibility index (Phi) is 9.58. The fraction of sp³-hybridized carbons (Fsp3) is 0.481. The Bertz CT molecular complexity index is 1140. The highest BCUT2D eigenvalue weighted by molar-refractivity contribution is 5.90. The number of aliphatic hydroxyl groups is 5. The Morgan fingerprint density at radius 2 is 1.70 bits per heavy atom. The average molecular weight is 565 g/mol. The number of hydrogen-bond acceptors (Lipinski definition) is 13. The minimum atomic E-state index is -1.72. The van der Waals surface area contributed by atoms with Crippen LogP contribution in [0, 0.1) is 11.8 Å². The lowest BCUT2D eigenvalue weighted by Crippen LogP contribution is -2.60. The van der Waals surface area contributed by atoms with Crippen LogP contribution in [0.1, 0.15) is 5.56 Å². The van der Waals surface area contributed by atoms with E-state index in [1.54, 1.807) is 24.3 Å². The van der Waals surface area contributed by atoms with E-state index in [1.165, 1.54) is 32.4 Å². The van der Waals surface area contributed by atoms with Gasteiger partial charge in [0.15, 0.2) is 6.29 Å². The van der Waals surface area contributed by atoms with Crippen molar-refractivity contribution in [3.05, 3.63) is 59.4 Å². The Labute approximate surface area is 229 Å². The number of esters is 2. The van der Waals surface area contributed by atoms with Crippen LogP contribution in [-0.2, 0) is 33.3 Å². The van der Waals surface area contributed by atoms with Gasteiger partial charge in [0.2, 0.25) is 6.29 Å². The molecule has 5 N–H and O–H groups in total. The van der Waals surface area contributed by atoms with Crippen molar-refractivity contribution in [2.75, 3.05) is 27.4 Å². The van der Waals surface area contributed by atoms with Crippen molar-refractivity contribution in [1.29, 1.82) is 0 Å².